The summed E-state index contributed by atoms with van der Waals surface area (Å²) in [5.41, 5.74) is 1.73. The molecule has 0 aliphatic heterocycles. The lowest BCUT2D eigenvalue weighted by Crippen LogP contribution is -2.15. The van der Waals surface area contributed by atoms with Crippen molar-refractivity contribution in [2.24, 2.45) is 0 Å². The van der Waals surface area contributed by atoms with E-state index in [4.69, 9.17) is 0 Å². The van der Waals surface area contributed by atoms with Gasteiger partial charge in [0.25, 0.3) is 5.91 Å². The number of nitrogens with one attached hydrogen (secondary N) is 1. The molecule has 28 heavy (non-hydrogen) atoms. The average molecular weight is 374 g/mol. The Morgan fingerprint density at radius 2 is 1.79 bits per heavy atom. The van der Waals surface area contributed by atoms with Crippen LogP contribution in [0.15, 0.2) is 73.2 Å². The number of halogens is 1. The number of pyridine rings is 2. The van der Waals surface area contributed by atoms with Crippen LogP contribution in [0.2, 0.25) is 0 Å². The SMILES string of the molecule is O=C(Nc1ccccn1)c1nnn(Cc2ccccc2F)c1-c1ccncc1. The number of hydrogen-bond acceptors (Lipinski definition) is 5. The van der Waals surface area contributed by atoms with Crippen molar-refractivity contribution in [2.75, 3.05) is 5.32 Å². The molecule has 0 aliphatic rings. The first-order chi connectivity index (χ1) is 13.7. The number of nitrogens with zero attached hydrogens (tertiary/aromatic N) is 5. The van der Waals surface area contributed by atoms with E-state index in [1.54, 1.807) is 67.1 Å². The zero-order chi connectivity index (χ0) is 19.3. The Bertz CT molecular complexity index is 1100. The van der Waals surface area contributed by atoms with Crippen LogP contribution in [0.4, 0.5) is 10.2 Å². The average Bonchev–Trinajstić information content (AvgIpc) is 3.15. The second kappa shape index (κ2) is 7.75. The van der Waals surface area contributed by atoms with Crippen LogP contribution in [-0.2, 0) is 6.54 Å². The van der Waals surface area contributed by atoms with E-state index >= 15 is 0 Å². The van der Waals surface area contributed by atoms with Crippen molar-refractivity contribution in [1.29, 1.82) is 0 Å². The Morgan fingerprint density at radius 1 is 1.00 bits per heavy atom. The molecule has 0 aliphatic carbocycles. The van der Waals surface area contributed by atoms with E-state index < -0.39 is 5.91 Å². The fourth-order valence-electron chi connectivity index (χ4n) is 2.77. The van der Waals surface area contributed by atoms with Crippen LogP contribution in [0.1, 0.15) is 16.1 Å². The standard InChI is InChI=1S/C20H15FN6O/c21-16-6-2-1-5-15(16)13-27-19(14-8-11-22-12-9-14)18(25-26-27)20(28)24-17-7-3-4-10-23-17/h1-12H,13H2,(H,23,24,28). The van der Waals surface area contributed by atoms with Gasteiger partial charge < -0.3 is 5.32 Å². The van der Waals surface area contributed by atoms with Crippen LogP contribution in [0, 0.1) is 5.82 Å². The van der Waals surface area contributed by atoms with Gasteiger partial charge in [-0.25, -0.2) is 14.1 Å². The smallest absolute Gasteiger partial charge is 0.279 e. The van der Waals surface area contributed by atoms with Crippen molar-refractivity contribution >= 4 is 11.7 Å². The quantitative estimate of drug-likeness (QED) is 0.580. The Morgan fingerprint density at radius 3 is 2.54 bits per heavy atom. The minimum Gasteiger partial charge on any atom is -0.305 e. The number of hydrogen-bond donors (Lipinski definition) is 1. The van der Waals surface area contributed by atoms with Gasteiger partial charge >= 0.3 is 0 Å². The highest BCUT2D eigenvalue weighted by atomic mass is 19.1. The summed E-state index contributed by atoms with van der Waals surface area (Å²) in [7, 11) is 0. The number of aromatic nitrogens is 5. The van der Waals surface area contributed by atoms with Crippen molar-refractivity contribution in [1.82, 2.24) is 25.0 Å². The molecule has 0 fully saturated rings. The molecule has 1 amide bonds. The summed E-state index contributed by atoms with van der Waals surface area (Å²) in [6.07, 6.45) is 4.79. The fraction of sp³-hybridized carbons (Fsp3) is 0.0500. The maximum absolute atomic E-state index is 14.1. The van der Waals surface area contributed by atoms with Crippen LogP contribution in [0.5, 0.6) is 0 Å². The maximum Gasteiger partial charge on any atom is 0.279 e. The van der Waals surface area contributed by atoms with E-state index in [-0.39, 0.29) is 18.1 Å². The monoisotopic (exact) mass is 374 g/mol. The molecule has 1 aromatic carbocycles. The predicted octanol–water partition coefficient (Wildman–Crippen LogP) is 3.17. The van der Waals surface area contributed by atoms with Crippen molar-refractivity contribution in [2.45, 2.75) is 6.54 Å². The van der Waals surface area contributed by atoms with Crippen molar-refractivity contribution in [3.8, 4) is 11.3 Å². The summed E-state index contributed by atoms with van der Waals surface area (Å²) in [5.74, 6) is -0.403. The molecular formula is C20H15FN6O. The minimum atomic E-state index is -0.453. The summed E-state index contributed by atoms with van der Waals surface area (Å²) < 4.78 is 15.6. The molecule has 4 aromatic rings. The van der Waals surface area contributed by atoms with Crippen LogP contribution < -0.4 is 5.32 Å². The molecular weight excluding hydrogens is 359 g/mol. The second-order valence-electron chi connectivity index (χ2n) is 5.94. The molecule has 1 N–H and O–H groups in total. The highest BCUT2D eigenvalue weighted by Crippen LogP contribution is 2.24. The molecule has 0 unspecified atom stereocenters. The molecule has 0 bridgehead atoms. The molecule has 4 rings (SSSR count). The summed E-state index contributed by atoms with van der Waals surface area (Å²) in [5, 5.41) is 10.8. The highest BCUT2D eigenvalue weighted by molar-refractivity contribution is 6.06. The van der Waals surface area contributed by atoms with E-state index in [1.165, 1.54) is 10.7 Å². The zero-order valence-corrected chi connectivity index (χ0v) is 14.7. The third-order valence-electron chi connectivity index (χ3n) is 4.09. The molecule has 3 heterocycles. The Hall–Kier alpha value is -3.94. The van der Waals surface area contributed by atoms with Gasteiger partial charge in [-0.05, 0) is 30.3 Å². The van der Waals surface area contributed by atoms with Crippen molar-refractivity contribution in [3.05, 3.63) is 90.3 Å². The van der Waals surface area contributed by atoms with Gasteiger partial charge in [0.05, 0.1) is 6.54 Å². The summed E-state index contributed by atoms with van der Waals surface area (Å²) in [6, 6.07) is 15.1. The number of anilines is 1. The molecule has 0 radical (unpaired) electrons. The number of carbonyl (C=O) groups excluding carboxylic acids is 1. The molecule has 138 valence electrons. The second-order valence-corrected chi connectivity index (χ2v) is 5.94. The molecule has 0 spiro atoms. The molecule has 7 nitrogen and oxygen atoms in total. The Labute approximate surface area is 159 Å². The van der Waals surface area contributed by atoms with E-state index in [1.807, 2.05) is 0 Å². The Kier molecular flexibility index (Phi) is 4.83. The van der Waals surface area contributed by atoms with Crippen molar-refractivity contribution in [3.63, 3.8) is 0 Å². The summed E-state index contributed by atoms with van der Waals surface area (Å²) >= 11 is 0. The molecule has 8 heteroatoms. The topological polar surface area (TPSA) is 85.6 Å². The van der Waals surface area contributed by atoms with Gasteiger partial charge in [-0.3, -0.25) is 9.78 Å². The van der Waals surface area contributed by atoms with E-state index in [0.717, 1.165) is 0 Å². The summed E-state index contributed by atoms with van der Waals surface area (Å²) in [4.78, 5) is 20.9. The fourth-order valence-corrected chi connectivity index (χ4v) is 2.77. The van der Waals surface area contributed by atoms with E-state index in [2.05, 4.69) is 25.6 Å². The van der Waals surface area contributed by atoms with Gasteiger partial charge in [0.15, 0.2) is 5.69 Å². The first kappa shape index (κ1) is 17.5. The lowest BCUT2D eigenvalue weighted by molar-refractivity contribution is 0.102. The third kappa shape index (κ3) is 3.61. The van der Waals surface area contributed by atoms with Crippen LogP contribution in [0.3, 0.4) is 0 Å². The number of carbonyl (C=O) groups is 1. The molecule has 0 atom stereocenters. The third-order valence-corrected chi connectivity index (χ3v) is 4.09. The number of amides is 1. The Balaban J connectivity index is 1.74. The van der Waals surface area contributed by atoms with Gasteiger partial charge in [0.2, 0.25) is 0 Å². The lowest BCUT2D eigenvalue weighted by Gasteiger charge is -2.09. The van der Waals surface area contributed by atoms with Gasteiger partial charge in [0.1, 0.15) is 17.3 Å². The van der Waals surface area contributed by atoms with Crippen LogP contribution in [-0.4, -0.2) is 30.9 Å². The predicted molar refractivity (Wildman–Crippen MR) is 101 cm³/mol. The van der Waals surface area contributed by atoms with Crippen LogP contribution in [0.25, 0.3) is 11.3 Å². The van der Waals surface area contributed by atoms with E-state index in [0.29, 0.717) is 22.6 Å². The molecule has 3 aromatic heterocycles. The summed E-state index contributed by atoms with van der Waals surface area (Å²) in [6.45, 7) is 0.133. The maximum atomic E-state index is 14.1. The van der Waals surface area contributed by atoms with Gasteiger partial charge in [0, 0.05) is 29.7 Å². The van der Waals surface area contributed by atoms with Crippen molar-refractivity contribution < 1.29 is 9.18 Å². The minimum absolute atomic E-state index is 0.119. The van der Waals surface area contributed by atoms with Gasteiger partial charge in [-0.15, -0.1) is 5.10 Å². The largest absolute Gasteiger partial charge is 0.305 e. The lowest BCUT2D eigenvalue weighted by atomic mass is 10.1. The normalized spacial score (nSPS) is 10.6. The number of benzene rings is 1. The number of rotatable bonds is 5. The highest BCUT2D eigenvalue weighted by Gasteiger charge is 2.22. The zero-order valence-electron chi connectivity index (χ0n) is 14.7. The van der Waals surface area contributed by atoms with Gasteiger partial charge in [-0.1, -0.05) is 29.5 Å². The molecule has 0 saturated carbocycles. The first-order valence-electron chi connectivity index (χ1n) is 8.52. The van der Waals surface area contributed by atoms with Gasteiger partial charge in [-0.2, -0.15) is 0 Å². The van der Waals surface area contributed by atoms with E-state index in [9.17, 15) is 9.18 Å². The molecule has 0 saturated heterocycles. The van der Waals surface area contributed by atoms with Crippen LogP contribution >= 0.6 is 0 Å². The first-order valence-corrected chi connectivity index (χ1v) is 8.52.